The largest absolute Gasteiger partial charge is 0.573 e. The van der Waals surface area contributed by atoms with Crippen LogP contribution in [0.1, 0.15) is 17.2 Å². The molecule has 0 saturated heterocycles. The Morgan fingerprint density at radius 3 is 2.59 bits per heavy atom. The summed E-state index contributed by atoms with van der Waals surface area (Å²) < 4.78 is 40.3. The van der Waals surface area contributed by atoms with Crippen LogP contribution in [0.5, 0.6) is 5.75 Å². The van der Waals surface area contributed by atoms with Gasteiger partial charge in [-0.2, -0.15) is 0 Å². The molecule has 0 bridgehead atoms. The van der Waals surface area contributed by atoms with Gasteiger partial charge in [0, 0.05) is 25.5 Å². The Labute approximate surface area is 125 Å². The summed E-state index contributed by atoms with van der Waals surface area (Å²) in [6, 6.07) is 9.10. The third kappa shape index (κ3) is 5.34. The molecule has 0 amide bonds. The summed E-state index contributed by atoms with van der Waals surface area (Å²) in [5.74, 6) is -0.263. The summed E-state index contributed by atoms with van der Waals surface area (Å²) >= 11 is 0. The fourth-order valence-electron chi connectivity index (χ4n) is 1.91. The lowest BCUT2D eigenvalue weighted by molar-refractivity contribution is -0.274. The van der Waals surface area contributed by atoms with Crippen molar-refractivity contribution >= 4 is 0 Å². The number of pyridine rings is 1. The van der Waals surface area contributed by atoms with Crippen molar-refractivity contribution in [2.24, 2.45) is 0 Å². The van der Waals surface area contributed by atoms with Gasteiger partial charge in [0.25, 0.3) is 0 Å². The first kappa shape index (κ1) is 16.3. The Morgan fingerprint density at radius 2 is 1.91 bits per heavy atom. The molecule has 118 valence electrons. The number of aromatic nitrogens is 1. The van der Waals surface area contributed by atoms with E-state index in [9.17, 15) is 18.3 Å². The number of aliphatic hydroxyl groups is 1. The number of nitrogens with one attached hydrogen (secondary N) is 1. The van der Waals surface area contributed by atoms with Crippen molar-refractivity contribution in [2.75, 3.05) is 6.54 Å². The molecule has 7 heteroatoms. The Morgan fingerprint density at radius 1 is 1.18 bits per heavy atom. The van der Waals surface area contributed by atoms with Crippen molar-refractivity contribution in [3.05, 3.63) is 59.9 Å². The molecule has 22 heavy (non-hydrogen) atoms. The zero-order valence-corrected chi connectivity index (χ0v) is 11.5. The van der Waals surface area contributed by atoms with Gasteiger partial charge in [0.2, 0.25) is 0 Å². The van der Waals surface area contributed by atoms with E-state index in [-0.39, 0.29) is 12.3 Å². The van der Waals surface area contributed by atoms with E-state index < -0.39 is 12.5 Å². The van der Waals surface area contributed by atoms with Crippen LogP contribution in [-0.4, -0.2) is 23.0 Å². The van der Waals surface area contributed by atoms with Crippen molar-refractivity contribution in [3.63, 3.8) is 0 Å². The highest BCUT2D eigenvalue weighted by molar-refractivity contribution is 5.28. The summed E-state index contributed by atoms with van der Waals surface area (Å²) in [7, 11) is 0. The summed E-state index contributed by atoms with van der Waals surface area (Å²) in [5, 5.41) is 12.9. The van der Waals surface area contributed by atoms with Gasteiger partial charge in [0.15, 0.2) is 0 Å². The molecule has 0 aliphatic heterocycles. The molecule has 0 saturated carbocycles. The molecule has 1 unspecified atom stereocenters. The molecule has 1 atom stereocenters. The van der Waals surface area contributed by atoms with Gasteiger partial charge in [0.1, 0.15) is 5.75 Å². The van der Waals surface area contributed by atoms with Gasteiger partial charge >= 0.3 is 6.36 Å². The molecule has 2 aromatic rings. The Balaban J connectivity index is 1.85. The van der Waals surface area contributed by atoms with Crippen molar-refractivity contribution < 1.29 is 23.0 Å². The quantitative estimate of drug-likeness (QED) is 0.861. The second-order valence-electron chi connectivity index (χ2n) is 4.62. The highest BCUT2D eigenvalue weighted by Gasteiger charge is 2.31. The molecule has 0 radical (unpaired) electrons. The summed E-state index contributed by atoms with van der Waals surface area (Å²) in [6.45, 7) is 0.589. The molecular weight excluding hydrogens is 297 g/mol. The zero-order valence-electron chi connectivity index (χ0n) is 11.5. The third-order valence-electron chi connectivity index (χ3n) is 2.89. The summed E-state index contributed by atoms with van der Waals surface area (Å²) in [4.78, 5) is 3.86. The van der Waals surface area contributed by atoms with Crippen LogP contribution >= 0.6 is 0 Å². The van der Waals surface area contributed by atoms with Crippen LogP contribution in [0.25, 0.3) is 0 Å². The first-order chi connectivity index (χ1) is 10.4. The van der Waals surface area contributed by atoms with Gasteiger partial charge in [0.05, 0.1) is 6.10 Å². The van der Waals surface area contributed by atoms with E-state index in [1.807, 2.05) is 0 Å². The third-order valence-corrected chi connectivity index (χ3v) is 2.89. The number of alkyl halides is 3. The minimum atomic E-state index is -4.70. The van der Waals surface area contributed by atoms with Gasteiger partial charge in [-0.25, -0.2) is 0 Å². The highest BCUT2D eigenvalue weighted by atomic mass is 19.4. The van der Waals surface area contributed by atoms with E-state index in [1.54, 1.807) is 30.6 Å². The van der Waals surface area contributed by atoms with E-state index >= 15 is 0 Å². The molecule has 0 fully saturated rings. The SMILES string of the molecule is OC(CNCc1cccc(OC(F)(F)F)c1)c1ccncc1. The predicted octanol–water partition coefficient (Wildman–Crippen LogP) is 2.80. The standard InChI is InChI=1S/C15H15F3N2O2/c16-15(17,18)22-13-3-1-2-11(8-13)9-20-10-14(21)12-4-6-19-7-5-12/h1-8,14,20-21H,9-10H2. The molecule has 0 aliphatic rings. The van der Waals surface area contributed by atoms with Crippen molar-refractivity contribution in [1.82, 2.24) is 10.3 Å². The van der Waals surface area contributed by atoms with Crippen molar-refractivity contribution in [2.45, 2.75) is 19.0 Å². The number of hydrogen-bond acceptors (Lipinski definition) is 4. The summed E-state index contributed by atoms with van der Waals surface area (Å²) in [6.07, 6.45) is -2.26. The lowest BCUT2D eigenvalue weighted by Gasteiger charge is -2.13. The Kier molecular flexibility index (Phi) is 5.35. The second kappa shape index (κ2) is 7.24. The molecule has 1 aromatic heterocycles. The molecule has 2 rings (SSSR count). The maximum Gasteiger partial charge on any atom is 0.573 e. The second-order valence-corrected chi connectivity index (χ2v) is 4.62. The maximum atomic E-state index is 12.1. The van der Waals surface area contributed by atoms with Gasteiger partial charge < -0.3 is 15.2 Å². The first-order valence-electron chi connectivity index (χ1n) is 6.57. The van der Waals surface area contributed by atoms with Crippen LogP contribution in [0.4, 0.5) is 13.2 Å². The minimum Gasteiger partial charge on any atom is -0.406 e. The van der Waals surface area contributed by atoms with E-state index in [0.717, 1.165) is 5.56 Å². The first-order valence-corrected chi connectivity index (χ1v) is 6.57. The van der Waals surface area contributed by atoms with Crippen molar-refractivity contribution in [3.8, 4) is 5.75 Å². The van der Waals surface area contributed by atoms with Crippen LogP contribution in [0.3, 0.4) is 0 Å². The number of aliphatic hydroxyl groups excluding tert-OH is 1. The molecule has 4 nitrogen and oxygen atoms in total. The van der Waals surface area contributed by atoms with E-state index in [2.05, 4.69) is 15.0 Å². The maximum absolute atomic E-state index is 12.1. The van der Waals surface area contributed by atoms with E-state index in [1.165, 1.54) is 18.2 Å². The van der Waals surface area contributed by atoms with Crippen LogP contribution in [-0.2, 0) is 6.54 Å². The smallest absolute Gasteiger partial charge is 0.406 e. The van der Waals surface area contributed by atoms with Gasteiger partial charge in [-0.05, 0) is 35.4 Å². The van der Waals surface area contributed by atoms with Crippen LogP contribution in [0.15, 0.2) is 48.8 Å². The monoisotopic (exact) mass is 312 g/mol. The van der Waals surface area contributed by atoms with Crippen LogP contribution in [0.2, 0.25) is 0 Å². The Hall–Kier alpha value is -2.12. The fraction of sp³-hybridized carbons (Fsp3) is 0.267. The molecular formula is C15H15F3N2O2. The molecule has 0 aliphatic carbocycles. The zero-order chi connectivity index (χ0) is 16.0. The van der Waals surface area contributed by atoms with Gasteiger partial charge in [-0.15, -0.1) is 13.2 Å². The number of nitrogens with zero attached hydrogens (tertiary/aromatic N) is 1. The highest BCUT2D eigenvalue weighted by Crippen LogP contribution is 2.23. The topological polar surface area (TPSA) is 54.4 Å². The number of benzene rings is 1. The fourth-order valence-corrected chi connectivity index (χ4v) is 1.91. The molecule has 1 heterocycles. The summed E-state index contributed by atoms with van der Waals surface area (Å²) in [5.41, 5.74) is 1.35. The van der Waals surface area contributed by atoms with Gasteiger partial charge in [-0.3, -0.25) is 4.98 Å². The minimum absolute atomic E-state index is 0.263. The molecule has 1 aromatic carbocycles. The lowest BCUT2D eigenvalue weighted by atomic mass is 10.1. The molecule has 0 spiro atoms. The van der Waals surface area contributed by atoms with E-state index in [0.29, 0.717) is 12.1 Å². The number of halogens is 3. The van der Waals surface area contributed by atoms with E-state index in [4.69, 9.17) is 0 Å². The predicted molar refractivity (Wildman–Crippen MR) is 74.0 cm³/mol. The van der Waals surface area contributed by atoms with Crippen LogP contribution < -0.4 is 10.1 Å². The average molecular weight is 312 g/mol. The van der Waals surface area contributed by atoms with Gasteiger partial charge in [-0.1, -0.05) is 12.1 Å². The average Bonchev–Trinajstić information content (AvgIpc) is 2.47. The lowest BCUT2D eigenvalue weighted by Crippen LogP contribution is -2.21. The Bertz CT molecular complexity index is 591. The van der Waals surface area contributed by atoms with Crippen molar-refractivity contribution in [1.29, 1.82) is 0 Å². The normalized spacial score (nSPS) is 12.9. The number of rotatable bonds is 6. The van der Waals surface area contributed by atoms with Crippen LogP contribution in [0, 0.1) is 0 Å². The molecule has 2 N–H and O–H groups in total. The number of ether oxygens (including phenoxy) is 1. The number of hydrogen-bond donors (Lipinski definition) is 2.